The molecule has 0 aliphatic rings. The molecule has 0 unspecified atom stereocenters. The molecule has 0 rings (SSSR count). The van der Waals surface area contributed by atoms with Crippen LogP contribution in [0.2, 0.25) is 0 Å². The molecule has 0 radical (unpaired) electrons. The molecule has 0 aromatic rings. The third-order valence-corrected chi connectivity index (χ3v) is 0.500. The van der Waals surface area contributed by atoms with Gasteiger partial charge in [0, 0.05) is 0 Å². The predicted molar refractivity (Wildman–Crippen MR) is 58.6 cm³/mol. The molecule has 0 fully saturated rings. The molecule has 0 saturated heterocycles. The van der Waals surface area contributed by atoms with Gasteiger partial charge in [-0.1, -0.05) is 26.7 Å². The molecule has 32 heavy (non-hydrogen) atoms. The second-order valence-electron chi connectivity index (χ2n) is 3.24. The molecular formula is C4H10O20P5V3. The summed E-state index contributed by atoms with van der Waals surface area (Å²) in [5.41, 5.74) is 0. The summed E-state index contributed by atoms with van der Waals surface area (Å²) in [6, 6.07) is 0. The molecule has 0 heterocycles. The molecule has 0 aliphatic carbocycles. The topological polar surface area (TPSA) is 431 Å². The van der Waals surface area contributed by atoms with Gasteiger partial charge in [0.25, 0.3) is 0 Å². The standard InChI is InChI=1S/C4H10.5H3O4P.3V/c1-3-4-2;5*1-5(2,3)4;;;/h3-4H2,1-2H3;5*(H3,1,2,3,4);;;/q;;;;;;3*+5/p-15. The molecule has 28 heteroatoms. The van der Waals surface area contributed by atoms with Gasteiger partial charge >= 0.3 is 55.7 Å². The molecule has 186 valence electrons. The van der Waals surface area contributed by atoms with Gasteiger partial charge in [0.2, 0.25) is 0 Å². The zero-order chi connectivity index (χ0) is 25.9. The first kappa shape index (κ1) is 59.4. The minimum atomic E-state index is -5.39. The average Bonchev–Trinajstić information content (AvgIpc) is 2.16. The Balaban J connectivity index is -0.0000000279. The van der Waals surface area contributed by atoms with E-state index < -0.39 is 39.1 Å². The normalized spacial score (nSPS) is 10.2. The van der Waals surface area contributed by atoms with Crippen molar-refractivity contribution in [3.63, 3.8) is 0 Å². The summed E-state index contributed by atoms with van der Waals surface area (Å²) in [5, 5.41) is 0. The van der Waals surface area contributed by atoms with Crippen molar-refractivity contribution in [2.75, 3.05) is 0 Å². The molecular weight excluding hydrogens is 676 g/mol. The van der Waals surface area contributed by atoms with Crippen molar-refractivity contribution in [3.8, 4) is 0 Å². The maximum Gasteiger partial charge on any atom is 5.00 e. The average molecular weight is 686 g/mol. The maximum atomic E-state index is 8.55. The van der Waals surface area contributed by atoms with Crippen LogP contribution < -0.4 is 73.4 Å². The van der Waals surface area contributed by atoms with Crippen molar-refractivity contribution >= 4 is 39.1 Å². The fraction of sp³-hybridized carbons (Fsp3) is 1.00. The Morgan fingerprint density at radius 1 is 0.344 bits per heavy atom. The van der Waals surface area contributed by atoms with Gasteiger partial charge in [0.1, 0.15) is 0 Å². The fourth-order valence-electron chi connectivity index (χ4n) is 0. The number of unbranched alkanes of at least 4 members (excludes halogenated alkanes) is 1. The second-order valence-corrected chi connectivity index (χ2v) is 7.71. The SMILES string of the molecule is CCCC.O=P([O-])([O-])[O-].O=P([O-])([O-])[O-].O=P([O-])([O-])[O-].O=P([O-])([O-])[O-].O=P([O-])([O-])[O-].[V+5].[V+5].[V+5]. The fourth-order valence-corrected chi connectivity index (χ4v) is 0. The molecule has 0 amide bonds. The van der Waals surface area contributed by atoms with Crippen molar-refractivity contribution in [1.82, 2.24) is 0 Å². The van der Waals surface area contributed by atoms with Gasteiger partial charge in [-0.15, -0.1) is 0 Å². The van der Waals surface area contributed by atoms with Crippen LogP contribution in [0.3, 0.4) is 0 Å². The second kappa shape index (κ2) is 29.5. The third-order valence-electron chi connectivity index (χ3n) is 0.500. The monoisotopic (exact) mass is 686 g/mol. The van der Waals surface area contributed by atoms with Crippen LogP contribution in [0.25, 0.3) is 0 Å². The first-order valence-corrected chi connectivity index (χ1v) is 12.9. The molecule has 0 atom stereocenters. The van der Waals surface area contributed by atoms with Crippen LogP contribution in [0.15, 0.2) is 0 Å². The van der Waals surface area contributed by atoms with E-state index in [1.54, 1.807) is 0 Å². The number of phosphoric acid groups is 5. The molecule has 0 aromatic carbocycles. The van der Waals surface area contributed by atoms with Crippen LogP contribution >= 0.6 is 39.1 Å². The maximum absolute atomic E-state index is 8.55. The summed E-state index contributed by atoms with van der Waals surface area (Å²) >= 11 is 0. The molecule has 0 saturated carbocycles. The van der Waals surface area contributed by atoms with Crippen molar-refractivity contribution in [3.05, 3.63) is 0 Å². The first-order valence-electron chi connectivity index (χ1n) is 5.57. The van der Waals surface area contributed by atoms with Gasteiger partial charge in [0.15, 0.2) is 0 Å². The van der Waals surface area contributed by atoms with Gasteiger partial charge in [-0.25, -0.2) is 0 Å². The molecule has 0 aromatic heterocycles. The number of hydrogen-bond acceptors (Lipinski definition) is 20. The molecule has 0 spiro atoms. The Hall–Kier alpha value is 2.30. The van der Waals surface area contributed by atoms with E-state index in [1.807, 2.05) is 0 Å². The van der Waals surface area contributed by atoms with Crippen molar-refractivity contribution in [1.29, 1.82) is 0 Å². The van der Waals surface area contributed by atoms with Gasteiger partial charge in [-0.2, -0.15) is 39.1 Å². The summed E-state index contributed by atoms with van der Waals surface area (Å²) in [7, 11) is -26.9. The van der Waals surface area contributed by atoms with E-state index in [4.69, 9.17) is 96.2 Å². The Morgan fingerprint density at radius 3 is 0.375 bits per heavy atom. The minimum Gasteiger partial charge on any atom is -0.822 e. The first-order chi connectivity index (χ1) is 11.9. The zero-order valence-corrected chi connectivity index (χ0v) is 23.8. The van der Waals surface area contributed by atoms with E-state index >= 15 is 0 Å². The van der Waals surface area contributed by atoms with Crippen LogP contribution in [0, 0.1) is 0 Å². The Labute approximate surface area is 217 Å². The molecule has 0 aliphatic heterocycles. The molecule has 20 nitrogen and oxygen atoms in total. The summed E-state index contributed by atoms with van der Waals surface area (Å²) in [6.45, 7) is 4.36. The van der Waals surface area contributed by atoms with Crippen LogP contribution in [-0.2, 0) is 78.5 Å². The number of hydrogen-bond donors (Lipinski definition) is 0. The molecule has 0 bridgehead atoms. The van der Waals surface area contributed by atoms with Crippen LogP contribution in [0.4, 0.5) is 0 Å². The predicted octanol–water partition coefficient (Wildman–Crippen LogP) is -12.3. The van der Waals surface area contributed by atoms with Gasteiger partial charge in [0.05, 0.1) is 0 Å². The van der Waals surface area contributed by atoms with E-state index in [0.29, 0.717) is 0 Å². The Morgan fingerprint density at radius 2 is 0.375 bits per heavy atom. The van der Waals surface area contributed by atoms with E-state index in [1.165, 1.54) is 12.8 Å². The zero-order valence-electron chi connectivity index (χ0n) is 15.2. The summed E-state index contributed by atoms with van der Waals surface area (Å²) < 4.78 is 42.7. The minimum absolute atomic E-state index is 0. The number of rotatable bonds is 1. The van der Waals surface area contributed by atoms with Crippen LogP contribution in [0.1, 0.15) is 26.7 Å². The smallest absolute Gasteiger partial charge is 0.822 e. The van der Waals surface area contributed by atoms with E-state index in [9.17, 15) is 0 Å². The van der Waals surface area contributed by atoms with Crippen molar-refractivity contribution < 1.29 is 152 Å². The summed E-state index contributed by atoms with van der Waals surface area (Å²) in [4.78, 5) is 128. The quantitative estimate of drug-likeness (QED) is 0.231. The molecule has 0 N–H and O–H groups in total. The van der Waals surface area contributed by atoms with Gasteiger partial charge in [-0.05, 0) is 0 Å². The Kier molecular flexibility index (Phi) is 54.8. The van der Waals surface area contributed by atoms with Crippen molar-refractivity contribution in [2.45, 2.75) is 26.7 Å². The van der Waals surface area contributed by atoms with Crippen molar-refractivity contribution in [2.24, 2.45) is 0 Å². The Bertz CT molecular complexity index is 423. The largest absolute Gasteiger partial charge is 5.00 e. The van der Waals surface area contributed by atoms with Crippen LogP contribution in [-0.4, -0.2) is 0 Å². The summed E-state index contributed by atoms with van der Waals surface area (Å²) in [6.07, 6.45) is 2.64. The van der Waals surface area contributed by atoms with E-state index in [-0.39, 0.29) is 55.7 Å². The van der Waals surface area contributed by atoms with Gasteiger partial charge < -0.3 is 96.2 Å². The van der Waals surface area contributed by atoms with Gasteiger partial charge in [-0.3, -0.25) is 0 Å². The van der Waals surface area contributed by atoms with E-state index in [0.717, 1.165) is 0 Å². The summed E-state index contributed by atoms with van der Waals surface area (Å²) in [5.74, 6) is 0. The van der Waals surface area contributed by atoms with E-state index in [2.05, 4.69) is 13.8 Å². The third kappa shape index (κ3) is 2900. The van der Waals surface area contributed by atoms with Crippen LogP contribution in [0.5, 0.6) is 0 Å².